The number of aromatic nitrogens is 2. The standard InChI is InChI=1S/C7H9N.C6H7N/c1-6-3-7(2)5-8-4-6;1-6-4-2-3-5-7-6/h3-5H,1-2H3;2-5H,1H3. The Labute approximate surface area is 91.0 Å². The van der Waals surface area contributed by atoms with Crippen LogP contribution in [0.4, 0.5) is 0 Å². The van der Waals surface area contributed by atoms with Crippen LogP contribution in [0.1, 0.15) is 16.8 Å². The van der Waals surface area contributed by atoms with Crippen molar-refractivity contribution < 1.29 is 0 Å². The molecule has 2 rings (SSSR count). The van der Waals surface area contributed by atoms with E-state index in [1.807, 2.05) is 51.4 Å². The number of hydrogen-bond donors (Lipinski definition) is 0. The summed E-state index contributed by atoms with van der Waals surface area (Å²) < 4.78 is 0. The Hall–Kier alpha value is -1.70. The number of hydrogen-bond acceptors (Lipinski definition) is 2. The highest BCUT2D eigenvalue weighted by atomic mass is 14.6. The van der Waals surface area contributed by atoms with E-state index in [1.54, 1.807) is 6.20 Å². The maximum Gasteiger partial charge on any atom is 0.0372 e. The molecule has 78 valence electrons. The molecule has 0 spiro atoms. The molecule has 2 aromatic heterocycles. The Morgan fingerprint density at radius 1 is 0.933 bits per heavy atom. The van der Waals surface area contributed by atoms with E-state index in [-0.39, 0.29) is 0 Å². The summed E-state index contributed by atoms with van der Waals surface area (Å²) >= 11 is 0. The molecule has 2 heteroatoms. The molecule has 0 saturated heterocycles. The normalized spacial score (nSPS) is 9.00. The summed E-state index contributed by atoms with van der Waals surface area (Å²) in [6.45, 7) is 6.06. The molecule has 0 aromatic carbocycles. The topological polar surface area (TPSA) is 25.8 Å². The molecule has 0 amide bonds. The van der Waals surface area contributed by atoms with Crippen LogP contribution in [-0.4, -0.2) is 9.97 Å². The van der Waals surface area contributed by atoms with Gasteiger partial charge in [0, 0.05) is 24.3 Å². The van der Waals surface area contributed by atoms with E-state index in [0.29, 0.717) is 0 Å². The second-order valence-corrected chi connectivity index (χ2v) is 3.51. The Morgan fingerprint density at radius 3 is 1.87 bits per heavy atom. The number of aryl methyl sites for hydroxylation is 3. The van der Waals surface area contributed by atoms with Crippen LogP contribution >= 0.6 is 0 Å². The lowest BCUT2D eigenvalue weighted by atomic mass is 10.2. The van der Waals surface area contributed by atoms with Gasteiger partial charge in [0.15, 0.2) is 0 Å². The quantitative estimate of drug-likeness (QED) is 0.653. The van der Waals surface area contributed by atoms with Crippen LogP contribution in [0.5, 0.6) is 0 Å². The van der Waals surface area contributed by atoms with Crippen molar-refractivity contribution in [2.24, 2.45) is 0 Å². The fourth-order valence-electron chi connectivity index (χ4n) is 1.15. The predicted molar refractivity (Wildman–Crippen MR) is 62.7 cm³/mol. The average Bonchev–Trinajstić information content (AvgIpc) is 2.19. The molecule has 2 nitrogen and oxygen atoms in total. The summed E-state index contributed by atoms with van der Waals surface area (Å²) in [4.78, 5) is 7.96. The van der Waals surface area contributed by atoms with Crippen molar-refractivity contribution in [2.45, 2.75) is 20.8 Å². The van der Waals surface area contributed by atoms with Crippen LogP contribution in [0.25, 0.3) is 0 Å². The van der Waals surface area contributed by atoms with Gasteiger partial charge in [0.2, 0.25) is 0 Å². The molecule has 0 aliphatic rings. The van der Waals surface area contributed by atoms with Gasteiger partial charge in [-0.3, -0.25) is 9.97 Å². The van der Waals surface area contributed by atoms with Crippen LogP contribution in [0.2, 0.25) is 0 Å². The fraction of sp³-hybridized carbons (Fsp3) is 0.231. The molecule has 0 N–H and O–H groups in total. The largest absolute Gasteiger partial charge is 0.264 e. The molecule has 2 heterocycles. The van der Waals surface area contributed by atoms with Crippen molar-refractivity contribution in [3.63, 3.8) is 0 Å². The smallest absolute Gasteiger partial charge is 0.0372 e. The summed E-state index contributed by atoms with van der Waals surface area (Å²) in [6.07, 6.45) is 5.50. The molecule has 0 radical (unpaired) electrons. The second kappa shape index (κ2) is 5.91. The minimum atomic E-state index is 1.07. The monoisotopic (exact) mass is 200 g/mol. The lowest BCUT2D eigenvalue weighted by Gasteiger charge is -1.89. The fourth-order valence-corrected chi connectivity index (χ4v) is 1.15. The van der Waals surface area contributed by atoms with Gasteiger partial charge in [-0.15, -0.1) is 0 Å². The van der Waals surface area contributed by atoms with E-state index in [1.165, 1.54) is 11.1 Å². The van der Waals surface area contributed by atoms with E-state index in [2.05, 4.69) is 16.0 Å². The summed E-state index contributed by atoms with van der Waals surface area (Å²) in [6, 6.07) is 7.96. The highest BCUT2D eigenvalue weighted by Gasteiger charge is 1.82. The van der Waals surface area contributed by atoms with Crippen molar-refractivity contribution in [1.29, 1.82) is 0 Å². The van der Waals surface area contributed by atoms with Gasteiger partial charge in [-0.2, -0.15) is 0 Å². The molecular formula is C13H16N2. The molecule has 0 saturated carbocycles. The Balaban J connectivity index is 0.000000151. The maximum atomic E-state index is 3.98. The van der Waals surface area contributed by atoms with Crippen LogP contribution < -0.4 is 0 Å². The van der Waals surface area contributed by atoms with Crippen molar-refractivity contribution >= 4 is 0 Å². The van der Waals surface area contributed by atoms with Crippen molar-refractivity contribution in [3.8, 4) is 0 Å². The number of pyridine rings is 2. The average molecular weight is 200 g/mol. The third kappa shape index (κ3) is 4.91. The van der Waals surface area contributed by atoms with Gasteiger partial charge in [0.25, 0.3) is 0 Å². The van der Waals surface area contributed by atoms with Gasteiger partial charge in [-0.05, 0) is 44.0 Å². The second-order valence-electron chi connectivity index (χ2n) is 3.51. The zero-order chi connectivity index (χ0) is 11.1. The molecule has 0 atom stereocenters. The van der Waals surface area contributed by atoms with Crippen LogP contribution in [0.15, 0.2) is 42.9 Å². The highest BCUT2D eigenvalue weighted by Crippen LogP contribution is 1.96. The van der Waals surface area contributed by atoms with Gasteiger partial charge in [-0.25, -0.2) is 0 Å². The maximum absolute atomic E-state index is 3.98. The third-order valence-corrected chi connectivity index (χ3v) is 1.82. The Bertz CT molecular complexity index is 379. The SMILES string of the molecule is Cc1ccccn1.Cc1cncc(C)c1. The van der Waals surface area contributed by atoms with Gasteiger partial charge in [0.1, 0.15) is 0 Å². The summed E-state index contributed by atoms with van der Waals surface area (Å²) in [5, 5.41) is 0. The van der Waals surface area contributed by atoms with Crippen LogP contribution in [0, 0.1) is 20.8 Å². The molecule has 2 aromatic rings. The number of rotatable bonds is 0. The number of nitrogens with zero attached hydrogens (tertiary/aromatic N) is 2. The zero-order valence-electron chi connectivity index (χ0n) is 9.44. The first-order valence-electron chi connectivity index (χ1n) is 4.94. The first kappa shape index (κ1) is 11.4. The van der Waals surface area contributed by atoms with Crippen molar-refractivity contribution in [2.75, 3.05) is 0 Å². The first-order chi connectivity index (χ1) is 7.18. The van der Waals surface area contributed by atoms with E-state index >= 15 is 0 Å². The van der Waals surface area contributed by atoms with Gasteiger partial charge in [0.05, 0.1) is 0 Å². The molecule has 15 heavy (non-hydrogen) atoms. The minimum absolute atomic E-state index is 1.07. The lowest BCUT2D eigenvalue weighted by Crippen LogP contribution is -1.76. The van der Waals surface area contributed by atoms with Crippen LogP contribution in [0.3, 0.4) is 0 Å². The van der Waals surface area contributed by atoms with Crippen molar-refractivity contribution in [1.82, 2.24) is 9.97 Å². The summed E-state index contributed by atoms with van der Waals surface area (Å²) in [5.74, 6) is 0. The molecule has 0 aliphatic heterocycles. The van der Waals surface area contributed by atoms with Gasteiger partial charge in [-0.1, -0.05) is 12.1 Å². The molecule has 0 bridgehead atoms. The molecule has 0 unspecified atom stereocenters. The van der Waals surface area contributed by atoms with E-state index in [9.17, 15) is 0 Å². The van der Waals surface area contributed by atoms with Gasteiger partial charge < -0.3 is 0 Å². The van der Waals surface area contributed by atoms with Crippen LogP contribution in [-0.2, 0) is 0 Å². The Morgan fingerprint density at radius 2 is 1.60 bits per heavy atom. The molecular weight excluding hydrogens is 184 g/mol. The summed E-state index contributed by atoms with van der Waals surface area (Å²) in [7, 11) is 0. The van der Waals surface area contributed by atoms with E-state index in [4.69, 9.17) is 0 Å². The lowest BCUT2D eigenvalue weighted by molar-refractivity contribution is 1.20. The Kier molecular flexibility index (Phi) is 4.48. The zero-order valence-corrected chi connectivity index (χ0v) is 9.44. The van der Waals surface area contributed by atoms with Gasteiger partial charge >= 0.3 is 0 Å². The third-order valence-electron chi connectivity index (χ3n) is 1.82. The summed E-state index contributed by atoms with van der Waals surface area (Å²) in [5.41, 5.74) is 3.53. The predicted octanol–water partition coefficient (Wildman–Crippen LogP) is 3.09. The first-order valence-corrected chi connectivity index (χ1v) is 4.94. The molecule has 0 aliphatic carbocycles. The van der Waals surface area contributed by atoms with Crippen molar-refractivity contribution in [3.05, 3.63) is 59.7 Å². The van der Waals surface area contributed by atoms with E-state index < -0.39 is 0 Å². The molecule has 0 fully saturated rings. The van der Waals surface area contributed by atoms with E-state index in [0.717, 1.165) is 5.69 Å². The minimum Gasteiger partial charge on any atom is -0.264 e. The highest BCUT2D eigenvalue weighted by molar-refractivity contribution is 5.14.